The van der Waals surface area contributed by atoms with E-state index in [0.29, 0.717) is 12.8 Å². The number of ether oxygens (including phenoxy) is 12. The molecule has 2 saturated heterocycles. The molecule has 0 unspecified atom stereocenters. The molecule has 354 valence electrons. The third kappa shape index (κ3) is 20.6. The van der Waals surface area contributed by atoms with Crippen molar-refractivity contribution in [3.8, 4) is 0 Å². The highest BCUT2D eigenvalue weighted by molar-refractivity contribution is 5.70. The Labute approximate surface area is 362 Å². The lowest BCUT2D eigenvalue weighted by Gasteiger charge is -2.48. The number of methoxy groups -OCH3 is 1. The second kappa shape index (κ2) is 29.1. The monoisotopic (exact) mass is 890 g/mol. The van der Waals surface area contributed by atoms with E-state index < -0.39 is 116 Å². The van der Waals surface area contributed by atoms with Gasteiger partial charge in [0.2, 0.25) is 0 Å². The molecular formula is C42H66O20. The average molecular weight is 891 g/mol. The van der Waals surface area contributed by atoms with Crippen LogP contribution >= 0.6 is 0 Å². The quantitative estimate of drug-likeness (QED) is 0.0645. The van der Waals surface area contributed by atoms with Gasteiger partial charge in [-0.25, -0.2) is 0 Å². The molecule has 0 N–H and O–H groups in total. The third-order valence-electron chi connectivity index (χ3n) is 9.67. The lowest BCUT2D eigenvalue weighted by atomic mass is 9.96. The summed E-state index contributed by atoms with van der Waals surface area (Å²) in [5, 5.41) is 0. The van der Waals surface area contributed by atoms with Crippen molar-refractivity contribution in [3.63, 3.8) is 0 Å². The van der Waals surface area contributed by atoms with Gasteiger partial charge in [-0.2, -0.15) is 0 Å². The second-order valence-corrected chi connectivity index (χ2v) is 15.1. The Kier molecular flexibility index (Phi) is 25.2. The van der Waals surface area contributed by atoms with Crippen LogP contribution in [-0.2, 0) is 95.2 Å². The Balaban J connectivity index is 2.27. The van der Waals surface area contributed by atoms with Crippen LogP contribution in [0.1, 0.15) is 132 Å². The first-order valence-electron chi connectivity index (χ1n) is 21.2. The number of carbonyl (C=O) groups excluding carboxylic acids is 8. The van der Waals surface area contributed by atoms with Crippen molar-refractivity contribution >= 4 is 47.8 Å². The van der Waals surface area contributed by atoms with E-state index in [0.717, 1.165) is 119 Å². The molecule has 0 radical (unpaired) electrons. The van der Waals surface area contributed by atoms with Gasteiger partial charge < -0.3 is 56.8 Å². The molecule has 0 bridgehead atoms. The average Bonchev–Trinajstić information content (AvgIpc) is 3.17. The van der Waals surface area contributed by atoms with Gasteiger partial charge in [0.05, 0.1) is 7.11 Å². The third-order valence-corrected chi connectivity index (χ3v) is 9.67. The smallest absolute Gasteiger partial charge is 0.305 e. The second-order valence-electron chi connectivity index (χ2n) is 15.1. The predicted molar refractivity (Wildman–Crippen MR) is 211 cm³/mol. The number of rotatable bonds is 27. The van der Waals surface area contributed by atoms with Gasteiger partial charge in [-0.15, -0.1) is 0 Å². The van der Waals surface area contributed by atoms with Crippen LogP contribution in [0.5, 0.6) is 0 Å². The van der Waals surface area contributed by atoms with Gasteiger partial charge in [-0.3, -0.25) is 38.4 Å². The Morgan fingerprint density at radius 3 is 1.19 bits per heavy atom. The Bertz CT molecular complexity index is 1450. The minimum absolute atomic E-state index is 0.150. The van der Waals surface area contributed by atoms with Crippen LogP contribution in [0.25, 0.3) is 0 Å². The molecule has 0 aromatic carbocycles. The molecule has 2 rings (SSSR count). The molecule has 0 aliphatic carbocycles. The predicted octanol–water partition coefficient (Wildman–Crippen LogP) is 3.87. The molecular weight excluding hydrogens is 824 g/mol. The highest BCUT2D eigenvalue weighted by atomic mass is 16.8. The molecule has 2 fully saturated rings. The van der Waals surface area contributed by atoms with Crippen molar-refractivity contribution < 1.29 is 95.2 Å². The summed E-state index contributed by atoms with van der Waals surface area (Å²) in [4.78, 5) is 97.4. The molecule has 0 spiro atoms. The van der Waals surface area contributed by atoms with Gasteiger partial charge in [-0.05, 0) is 12.8 Å². The van der Waals surface area contributed by atoms with E-state index in [9.17, 15) is 38.4 Å². The molecule has 10 atom stereocenters. The van der Waals surface area contributed by atoms with Gasteiger partial charge >= 0.3 is 47.8 Å². The maximum Gasteiger partial charge on any atom is 0.305 e. The van der Waals surface area contributed by atoms with E-state index in [2.05, 4.69) is 4.74 Å². The van der Waals surface area contributed by atoms with Gasteiger partial charge in [-0.1, -0.05) is 64.2 Å². The fourth-order valence-electron chi connectivity index (χ4n) is 7.05. The largest absolute Gasteiger partial charge is 0.469 e. The summed E-state index contributed by atoms with van der Waals surface area (Å²) in [5.74, 6) is -5.90. The molecule has 20 heteroatoms. The summed E-state index contributed by atoms with van der Waals surface area (Å²) < 4.78 is 67.7. The van der Waals surface area contributed by atoms with E-state index in [-0.39, 0.29) is 12.6 Å². The zero-order chi connectivity index (χ0) is 46.2. The van der Waals surface area contributed by atoms with Crippen LogP contribution < -0.4 is 0 Å². The van der Waals surface area contributed by atoms with E-state index >= 15 is 0 Å². The van der Waals surface area contributed by atoms with E-state index in [1.54, 1.807) is 0 Å². The molecule has 2 aliphatic rings. The van der Waals surface area contributed by atoms with Crippen molar-refractivity contribution in [2.75, 3.05) is 26.9 Å². The Hall–Kier alpha value is -4.40. The van der Waals surface area contributed by atoms with Crippen LogP contribution in [-0.4, -0.2) is 136 Å². The summed E-state index contributed by atoms with van der Waals surface area (Å²) >= 11 is 0. The highest BCUT2D eigenvalue weighted by Crippen LogP contribution is 2.35. The number of hydrogen-bond acceptors (Lipinski definition) is 20. The number of hydrogen-bond donors (Lipinski definition) is 0. The summed E-state index contributed by atoms with van der Waals surface area (Å²) in [6.45, 7) is 6.73. The summed E-state index contributed by atoms with van der Waals surface area (Å²) in [7, 11) is 1.40. The highest BCUT2D eigenvalue weighted by Gasteiger charge is 2.57. The van der Waals surface area contributed by atoms with Crippen LogP contribution in [0.3, 0.4) is 0 Å². The SMILES string of the molecule is COC(=O)CCCCCCCCCCCCCCO[C@@H]1O[C@H](COC(C)=O)[C@@H](O[C@H]2O[C@H](COC(C)=O)[C@@H](OC(C)=O)[C@H](OC(C)=O)[C@H]2OC(C)=O)[C@H](OC(C)=O)[C@H]1OC(C)=O. The van der Waals surface area contributed by atoms with Crippen LogP contribution in [0.4, 0.5) is 0 Å². The molecule has 2 aliphatic heterocycles. The maximum absolute atomic E-state index is 12.7. The molecule has 2 heterocycles. The van der Waals surface area contributed by atoms with Crippen molar-refractivity contribution in [1.29, 1.82) is 0 Å². The standard InChI is InChI=1S/C42H66O20/c1-25(43)53-23-32-35(55-27(3)45)37(56-28(4)46)40(59-31(7)49)42(61-32)62-36-33(24-54-26(2)44)60-41(39(58-30(6)48)38(36)57-29(5)47)52-22-20-18-16-14-12-10-9-11-13-15-17-19-21-34(50)51-8/h32-33,35-42H,9-24H2,1-8H3/t32-,33-,35-,36-,37+,38+,39-,40-,41-,42-/m1/s1. The fraction of sp³-hybridized carbons (Fsp3) is 0.810. The zero-order valence-corrected chi connectivity index (χ0v) is 37.3. The lowest BCUT2D eigenvalue weighted by molar-refractivity contribution is -0.361. The topological polar surface area (TPSA) is 247 Å². The molecule has 0 aromatic rings. The van der Waals surface area contributed by atoms with Crippen molar-refractivity contribution in [3.05, 3.63) is 0 Å². The van der Waals surface area contributed by atoms with Crippen molar-refractivity contribution in [2.24, 2.45) is 0 Å². The number of esters is 8. The maximum atomic E-state index is 12.7. The molecule has 0 amide bonds. The van der Waals surface area contributed by atoms with Crippen molar-refractivity contribution in [2.45, 2.75) is 193 Å². The van der Waals surface area contributed by atoms with E-state index in [4.69, 9.17) is 52.1 Å². The zero-order valence-electron chi connectivity index (χ0n) is 37.3. The van der Waals surface area contributed by atoms with Gasteiger partial charge in [0, 0.05) is 61.5 Å². The Morgan fingerprint density at radius 2 is 0.758 bits per heavy atom. The minimum Gasteiger partial charge on any atom is -0.469 e. The van der Waals surface area contributed by atoms with Crippen LogP contribution in [0.15, 0.2) is 0 Å². The summed E-state index contributed by atoms with van der Waals surface area (Å²) in [6, 6.07) is 0. The molecule has 20 nitrogen and oxygen atoms in total. The Morgan fingerprint density at radius 1 is 0.403 bits per heavy atom. The normalized spacial score (nSPS) is 25.7. The number of unbranched alkanes of at least 4 members (excludes halogenated alkanes) is 11. The minimum atomic E-state index is -1.78. The van der Waals surface area contributed by atoms with E-state index in [1.165, 1.54) is 7.11 Å². The van der Waals surface area contributed by atoms with E-state index in [1.807, 2.05) is 0 Å². The van der Waals surface area contributed by atoms with Gasteiger partial charge in [0.1, 0.15) is 31.5 Å². The molecule has 62 heavy (non-hydrogen) atoms. The van der Waals surface area contributed by atoms with Crippen molar-refractivity contribution in [1.82, 2.24) is 0 Å². The fourth-order valence-corrected chi connectivity index (χ4v) is 7.05. The van der Waals surface area contributed by atoms with Crippen LogP contribution in [0.2, 0.25) is 0 Å². The first kappa shape index (κ1) is 53.7. The summed E-state index contributed by atoms with van der Waals surface area (Å²) in [5.41, 5.74) is 0. The van der Waals surface area contributed by atoms with Gasteiger partial charge in [0.25, 0.3) is 0 Å². The first-order chi connectivity index (χ1) is 29.4. The number of carbonyl (C=O) groups is 8. The lowest BCUT2D eigenvalue weighted by Crippen LogP contribution is -2.67. The van der Waals surface area contributed by atoms with Crippen LogP contribution in [0, 0.1) is 0 Å². The molecule has 0 aromatic heterocycles. The summed E-state index contributed by atoms with van der Waals surface area (Å²) in [6.07, 6.45) is -2.70. The first-order valence-corrected chi connectivity index (χ1v) is 21.2. The molecule has 0 saturated carbocycles. The van der Waals surface area contributed by atoms with Gasteiger partial charge in [0.15, 0.2) is 43.1 Å².